The largest absolute Gasteiger partial charge is 0.395 e. The second-order valence-electron chi connectivity index (χ2n) is 3.02. The average Bonchev–Trinajstić information content (AvgIpc) is 1.87. The summed E-state index contributed by atoms with van der Waals surface area (Å²) in [4.78, 5) is 4.35. The molecule has 0 amide bonds. The first-order valence-corrected chi connectivity index (χ1v) is 4.18. The molecule has 0 aromatic carbocycles. The van der Waals surface area contributed by atoms with Crippen molar-refractivity contribution >= 4 is 0 Å². The number of hydrogen-bond acceptors (Lipinski definition) is 3. The van der Waals surface area contributed by atoms with Crippen LogP contribution in [0.15, 0.2) is 0 Å². The minimum Gasteiger partial charge on any atom is -0.395 e. The van der Waals surface area contributed by atoms with Gasteiger partial charge in [0, 0.05) is 6.54 Å². The Bertz CT molecular complexity index is 78.2. The first kappa shape index (κ1) is 10.9. The molecule has 3 heteroatoms. The van der Waals surface area contributed by atoms with E-state index in [9.17, 15) is 0 Å². The molecule has 0 saturated heterocycles. The van der Waals surface area contributed by atoms with E-state index in [0.717, 1.165) is 19.8 Å². The lowest BCUT2D eigenvalue weighted by Crippen LogP contribution is -2.34. The van der Waals surface area contributed by atoms with Crippen LogP contribution in [-0.4, -0.2) is 55.4 Å². The Kier molecular flexibility index (Phi) is 6.51. The SMILES string of the molecule is CCCN(C)CN(C)CCO. The Morgan fingerprint density at radius 1 is 1.09 bits per heavy atom. The van der Waals surface area contributed by atoms with Crippen LogP contribution in [0, 0.1) is 0 Å². The second kappa shape index (κ2) is 6.58. The van der Waals surface area contributed by atoms with Gasteiger partial charge in [0.25, 0.3) is 0 Å². The maximum atomic E-state index is 8.62. The molecule has 0 aromatic heterocycles. The highest BCUT2D eigenvalue weighted by molar-refractivity contribution is 4.50. The van der Waals surface area contributed by atoms with Gasteiger partial charge in [-0.1, -0.05) is 6.92 Å². The summed E-state index contributed by atoms with van der Waals surface area (Å²) in [6.07, 6.45) is 1.18. The normalized spacial score (nSPS) is 11.5. The molecule has 0 spiro atoms. The lowest BCUT2D eigenvalue weighted by molar-refractivity contribution is 0.151. The molecule has 3 nitrogen and oxygen atoms in total. The van der Waals surface area contributed by atoms with Crippen LogP contribution in [0.3, 0.4) is 0 Å². The summed E-state index contributed by atoms with van der Waals surface area (Å²) in [5.74, 6) is 0. The molecule has 0 rings (SSSR count). The molecule has 0 bridgehead atoms. The first-order valence-electron chi connectivity index (χ1n) is 4.18. The predicted molar refractivity (Wildman–Crippen MR) is 47.5 cm³/mol. The molecule has 0 heterocycles. The third-order valence-electron chi connectivity index (χ3n) is 1.57. The third kappa shape index (κ3) is 6.28. The molecular formula is C8H20N2O. The number of nitrogens with zero attached hydrogens (tertiary/aromatic N) is 2. The van der Waals surface area contributed by atoms with Crippen LogP contribution < -0.4 is 0 Å². The minimum absolute atomic E-state index is 0.246. The fourth-order valence-electron chi connectivity index (χ4n) is 1.11. The molecule has 0 fully saturated rings. The van der Waals surface area contributed by atoms with Crippen molar-refractivity contribution in [1.82, 2.24) is 9.80 Å². The number of likely N-dealkylation sites (N-methyl/N-ethyl adjacent to an activating group) is 1. The van der Waals surface area contributed by atoms with Crippen LogP contribution in [-0.2, 0) is 0 Å². The van der Waals surface area contributed by atoms with Crippen LogP contribution in [0.5, 0.6) is 0 Å². The quantitative estimate of drug-likeness (QED) is 0.563. The fourth-order valence-corrected chi connectivity index (χ4v) is 1.11. The van der Waals surface area contributed by atoms with Gasteiger partial charge in [0.15, 0.2) is 0 Å². The topological polar surface area (TPSA) is 26.7 Å². The molecule has 0 aliphatic carbocycles. The van der Waals surface area contributed by atoms with Crippen molar-refractivity contribution in [3.63, 3.8) is 0 Å². The minimum atomic E-state index is 0.246. The smallest absolute Gasteiger partial charge is 0.0558 e. The van der Waals surface area contributed by atoms with E-state index < -0.39 is 0 Å². The van der Waals surface area contributed by atoms with E-state index in [4.69, 9.17) is 5.11 Å². The summed E-state index contributed by atoms with van der Waals surface area (Å²) in [6.45, 7) is 5.23. The first-order chi connectivity index (χ1) is 5.20. The zero-order valence-electron chi connectivity index (χ0n) is 7.88. The lowest BCUT2D eigenvalue weighted by Gasteiger charge is -2.22. The van der Waals surface area contributed by atoms with Gasteiger partial charge < -0.3 is 5.11 Å². The summed E-state index contributed by atoms with van der Waals surface area (Å²) in [7, 11) is 4.11. The van der Waals surface area contributed by atoms with Crippen molar-refractivity contribution in [2.24, 2.45) is 0 Å². The van der Waals surface area contributed by atoms with Gasteiger partial charge in [0.2, 0.25) is 0 Å². The highest BCUT2D eigenvalue weighted by atomic mass is 16.3. The van der Waals surface area contributed by atoms with Crippen molar-refractivity contribution in [2.45, 2.75) is 13.3 Å². The lowest BCUT2D eigenvalue weighted by atomic mass is 10.4. The fraction of sp³-hybridized carbons (Fsp3) is 1.00. The van der Waals surface area contributed by atoms with Crippen LogP contribution in [0.1, 0.15) is 13.3 Å². The van der Waals surface area contributed by atoms with Crippen molar-refractivity contribution in [3.8, 4) is 0 Å². The zero-order valence-corrected chi connectivity index (χ0v) is 7.88. The van der Waals surface area contributed by atoms with Gasteiger partial charge in [-0.25, -0.2) is 0 Å². The van der Waals surface area contributed by atoms with Crippen LogP contribution in [0.2, 0.25) is 0 Å². The van der Waals surface area contributed by atoms with E-state index in [1.54, 1.807) is 0 Å². The number of hydrogen-bond donors (Lipinski definition) is 1. The predicted octanol–water partition coefficient (Wildman–Crippen LogP) is 0.210. The Balaban J connectivity index is 3.32. The molecule has 0 aliphatic rings. The van der Waals surface area contributed by atoms with Gasteiger partial charge in [-0.15, -0.1) is 0 Å². The third-order valence-corrected chi connectivity index (χ3v) is 1.57. The van der Waals surface area contributed by atoms with Crippen LogP contribution in [0.4, 0.5) is 0 Å². The Morgan fingerprint density at radius 2 is 1.64 bits per heavy atom. The highest BCUT2D eigenvalue weighted by Gasteiger charge is 2.00. The second-order valence-corrected chi connectivity index (χ2v) is 3.02. The Hall–Kier alpha value is -0.120. The molecule has 0 atom stereocenters. The van der Waals surface area contributed by atoms with Crippen molar-refractivity contribution in [2.75, 3.05) is 40.5 Å². The van der Waals surface area contributed by atoms with Crippen molar-refractivity contribution in [3.05, 3.63) is 0 Å². The van der Waals surface area contributed by atoms with Gasteiger partial charge in [-0.3, -0.25) is 9.80 Å². The number of aliphatic hydroxyl groups excluding tert-OH is 1. The van der Waals surface area contributed by atoms with E-state index in [1.807, 2.05) is 7.05 Å². The van der Waals surface area contributed by atoms with E-state index in [2.05, 4.69) is 23.8 Å². The monoisotopic (exact) mass is 160 g/mol. The van der Waals surface area contributed by atoms with E-state index in [1.165, 1.54) is 6.42 Å². The van der Waals surface area contributed by atoms with Gasteiger partial charge in [0.05, 0.1) is 13.3 Å². The molecule has 0 aromatic rings. The molecule has 0 saturated carbocycles. The summed E-state index contributed by atoms with van der Waals surface area (Å²) in [5.41, 5.74) is 0. The average molecular weight is 160 g/mol. The molecule has 1 N–H and O–H groups in total. The summed E-state index contributed by atoms with van der Waals surface area (Å²) in [5, 5.41) is 8.62. The number of aliphatic hydroxyl groups is 1. The van der Waals surface area contributed by atoms with Gasteiger partial charge in [-0.05, 0) is 27.1 Å². The van der Waals surface area contributed by atoms with Gasteiger partial charge in [0.1, 0.15) is 0 Å². The van der Waals surface area contributed by atoms with E-state index >= 15 is 0 Å². The molecule has 0 unspecified atom stereocenters. The highest BCUT2D eigenvalue weighted by Crippen LogP contribution is 1.88. The van der Waals surface area contributed by atoms with Crippen molar-refractivity contribution < 1.29 is 5.11 Å². The Morgan fingerprint density at radius 3 is 2.09 bits per heavy atom. The van der Waals surface area contributed by atoms with Crippen molar-refractivity contribution in [1.29, 1.82) is 0 Å². The molecular weight excluding hydrogens is 140 g/mol. The zero-order chi connectivity index (χ0) is 8.69. The summed E-state index contributed by atoms with van der Waals surface area (Å²) < 4.78 is 0. The van der Waals surface area contributed by atoms with Gasteiger partial charge >= 0.3 is 0 Å². The van der Waals surface area contributed by atoms with E-state index in [-0.39, 0.29) is 6.61 Å². The van der Waals surface area contributed by atoms with Crippen LogP contribution in [0.25, 0.3) is 0 Å². The summed E-state index contributed by atoms with van der Waals surface area (Å²) in [6, 6.07) is 0. The molecule has 0 radical (unpaired) electrons. The number of rotatable bonds is 6. The maximum Gasteiger partial charge on any atom is 0.0558 e. The summed E-state index contributed by atoms with van der Waals surface area (Å²) >= 11 is 0. The molecule has 0 aliphatic heterocycles. The molecule has 68 valence electrons. The maximum absolute atomic E-state index is 8.62. The molecule has 11 heavy (non-hydrogen) atoms. The van der Waals surface area contributed by atoms with Crippen LogP contribution >= 0.6 is 0 Å². The van der Waals surface area contributed by atoms with E-state index in [0.29, 0.717) is 0 Å². The standard InChI is InChI=1S/C8H20N2O/c1-4-5-9(2)8-10(3)6-7-11/h11H,4-8H2,1-3H3. The van der Waals surface area contributed by atoms with Gasteiger partial charge in [-0.2, -0.15) is 0 Å². The Labute approximate surface area is 69.6 Å².